The van der Waals surface area contributed by atoms with E-state index in [4.69, 9.17) is 13.9 Å². The largest absolute Gasteiger partial charge is 0.451 e. The van der Waals surface area contributed by atoms with Crippen molar-refractivity contribution in [3.63, 3.8) is 0 Å². The van der Waals surface area contributed by atoms with Crippen molar-refractivity contribution in [2.75, 3.05) is 39.4 Å². The topological polar surface area (TPSA) is 89.3 Å². The quantitative estimate of drug-likeness (QED) is 0.696. The van der Waals surface area contributed by atoms with Gasteiger partial charge in [0.05, 0.1) is 18.1 Å². The van der Waals surface area contributed by atoms with Crippen molar-refractivity contribution < 1.29 is 27.1 Å². The van der Waals surface area contributed by atoms with E-state index in [-0.39, 0.29) is 16.6 Å². The van der Waals surface area contributed by atoms with Crippen molar-refractivity contribution in [2.45, 2.75) is 50.2 Å². The van der Waals surface area contributed by atoms with Gasteiger partial charge in [-0.1, -0.05) is 6.92 Å². The first-order valence-electron chi connectivity index (χ1n) is 11.4. The summed E-state index contributed by atoms with van der Waals surface area (Å²) < 4.78 is 45.3. The van der Waals surface area contributed by atoms with Crippen LogP contribution in [0.25, 0.3) is 11.0 Å². The lowest BCUT2D eigenvalue weighted by molar-refractivity contribution is -0.181. The minimum atomic E-state index is -3.58. The molecule has 3 saturated heterocycles. The number of carbonyl (C=O) groups is 1. The highest BCUT2D eigenvalue weighted by atomic mass is 32.2. The first-order valence-corrected chi connectivity index (χ1v) is 12.8. The maximum atomic E-state index is 13.2. The van der Waals surface area contributed by atoms with Crippen LogP contribution in [0.3, 0.4) is 0 Å². The zero-order valence-corrected chi connectivity index (χ0v) is 19.4. The summed E-state index contributed by atoms with van der Waals surface area (Å²) in [5.41, 5.74) is 1.19. The van der Waals surface area contributed by atoms with E-state index in [1.807, 2.05) is 6.92 Å². The molecule has 9 heteroatoms. The number of carbonyl (C=O) groups excluding carboxylic acids is 1. The van der Waals surface area contributed by atoms with Crippen molar-refractivity contribution in [1.82, 2.24) is 9.21 Å². The van der Waals surface area contributed by atoms with Crippen molar-refractivity contribution in [3.8, 4) is 0 Å². The molecule has 2 aromatic rings. The summed E-state index contributed by atoms with van der Waals surface area (Å²) in [6.07, 6.45) is 3.19. The van der Waals surface area contributed by atoms with Gasteiger partial charge in [0.2, 0.25) is 10.0 Å². The number of sulfonamides is 1. The Balaban J connectivity index is 1.39. The number of benzene rings is 1. The summed E-state index contributed by atoms with van der Waals surface area (Å²) in [5.74, 6) is -0.105. The molecule has 1 aromatic carbocycles. The highest BCUT2D eigenvalue weighted by Crippen LogP contribution is 2.34. The Morgan fingerprint density at radius 3 is 2.53 bits per heavy atom. The Bertz CT molecular complexity index is 1120. The van der Waals surface area contributed by atoms with E-state index in [1.54, 1.807) is 27.4 Å². The Morgan fingerprint density at radius 2 is 1.84 bits per heavy atom. The third kappa shape index (κ3) is 3.75. The standard InChI is InChI=1S/C23H30N2O6S/c1-16-4-3-9-25(15-16)32(27,28)18-5-6-20-19(14-18)17(2)21(31-20)22(26)24-10-7-23(8-11-24)29-12-13-30-23/h5-6,14,16H,3-4,7-13,15H2,1-2H3. The summed E-state index contributed by atoms with van der Waals surface area (Å²) in [5, 5.41) is 0.662. The number of rotatable bonds is 3. The molecule has 0 N–H and O–H groups in total. The Kier molecular flexibility index (Phi) is 5.56. The second-order valence-corrected chi connectivity index (χ2v) is 11.2. The van der Waals surface area contributed by atoms with Gasteiger partial charge in [0.1, 0.15) is 5.58 Å². The molecule has 3 fully saturated rings. The number of amides is 1. The van der Waals surface area contributed by atoms with Crippen molar-refractivity contribution in [1.29, 1.82) is 0 Å². The predicted octanol–water partition coefficient (Wildman–Crippen LogP) is 3.14. The van der Waals surface area contributed by atoms with E-state index in [0.717, 1.165) is 12.8 Å². The lowest BCUT2D eigenvalue weighted by atomic mass is 10.0. The van der Waals surface area contributed by atoms with Gasteiger partial charge < -0.3 is 18.8 Å². The number of aryl methyl sites for hydroxylation is 1. The molecule has 3 aliphatic rings. The monoisotopic (exact) mass is 462 g/mol. The van der Waals surface area contributed by atoms with Crippen LogP contribution in [0.2, 0.25) is 0 Å². The van der Waals surface area contributed by atoms with Crippen LogP contribution in [0.4, 0.5) is 0 Å². The lowest BCUT2D eigenvalue weighted by Crippen LogP contribution is -2.47. The minimum Gasteiger partial charge on any atom is -0.451 e. The van der Waals surface area contributed by atoms with Gasteiger partial charge in [0, 0.05) is 50.0 Å². The van der Waals surface area contributed by atoms with E-state index in [2.05, 4.69) is 6.92 Å². The number of likely N-dealkylation sites (tertiary alicyclic amines) is 1. The van der Waals surface area contributed by atoms with Crippen molar-refractivity contribution >= 4 is 26.9 Å². The first-order chi connectivity index (χ1) is 15.3. The third-order valence-electron chi connectivity index (χ3n) is 6.99. The Labute approximate surface area is 188 Å². The second kappa shape index (κ2) is 8.13. The van der Waals surface area contributed by atoms with Gasteiger partial charge >= 0.3 is 0 Å². The van der Waals surface area contributed by atoms with Crippen LogP contribution in [0.15, 0.2) is 27.5 Å². The first kappa shape index (κ1) is 21.9. The molecule has 0 saturated carbocycles. The average molecular weight is 463 g/mol. The fourth-order valence-electron chi connectivity index (χ4n) is 5.06. The summed E-state index contributed by atoms with van der Waals surface area (Å²) in [7, 11) is -3.58. The molecule has 32 heavy (non-hydrogen) atoms. The fourth-order valence-corrected chi connectivity index (χ4v) is 6.68. The van der Waals surface area contributed by atoms with E-state index < -0.39 is 15.8 Å². The van der Waals surface area contributed by atoms with Crippen LogP contribution in [0, 0.1) is 12.8 Å². The molecule has 1 spiro atoms. The molecule has 1 atom stereocenters. The highest BCUT2D eigenvalue weighted by molar-refractivity contribution is 7.89. The van der Waals surface area contributed by atoms with Crippen LogP contribution in [-0.4, -0.2) is 68.7 Å². The molecule has 3 aliphatic heterocycles. The molecular formula is C23H30N2O6S. The van der Waals surface area contributed by atoms with Crippen LogP contribution in [-0.2, 0) is 19.5 Å². The van der Waals surface area contributed by atoms with Gasteiger partial charge in [-0.2, -0.15) is 4.31 Å². The van der Waals surface area contributed by atoms with Crippen molar-refractivity contribution in [2.24, 2.45) is 5.92 Å². The summed E-state index contributed by atoms with van der Waals surface area (Å²) in [6.45, 7) is 7.23. The van der Waals surface area contributed by atoms with Crippen LogP contribution in [0.5, 0.6) is 0 Å². The van der Waals surface area contributed by atoms with Crippen molar-refractivity contribution in [3.05, 3.63) is 29.5 Å². The summed E-state index contributed by atoms with van der Waals surface area (Å²) >= 11 is 0. The SMILES string of the molecule is Cc1c(C(=O)N2CCC3(CC2)OCCO3)oc2ccc(S(=O)(=O)N3CCCC(C)C3)cc12. The number of hydrogen-bond acceptors (Lipinski definition) is 6. The van der Waals surface area contributed by atoms with Gasteiger partial charge in [-0.25, -0.2) is 8.42 Å². The maximum Gasteiger partial charge on any atom is 0.289 e. The minimum absolute atomic E-state index is 0.180. The number of hydrogen-bond donors (Lipinski definition) is 0. The Hall–Kier alpha value is -1.94. The van der Waals surface area contributed by atoms with E-state index in [9.17, 15) is 13.2 Å². The normalized spacial score (nSPS) is 24.4. The van der Waals surface area contributed by atoms with E-state index in [1.165, 1.54) is 0 Å². The van der Waals surface area contributed by atoms with Gasteiger partial charge in [-0.05, 0) is 43.9 Å². The third-order valence-corrected chi connectivity index (χ3v) is 8.85. The van der Waals surface area contributed by atoms with Crippen LogP contribution in [0.1, 0.15) is 48.7 Å². The second-order valence-electron chi connectivity index (χ2n) is 9.22. The summed E-state index contributed by atoms with van der Waals surface area (Å²) in [6, 6.07) is 4.88. The van der Waals surface area contributed by atoms with Gasteiger partial charge in [-0.15, -0.1) is 0 Å². The molecule has 1 amide bonds. The number of nitrogens with zero attached hydrogens (tertiary/aromatic N) is 2. The van der Waals surface area contributed by atoms with Gasteiger partial charge in [-0.3, -0.25) is 4.79 Å². The van der Waals surface area contributed by atoms with Crippen LogP contribution >= 0.6 is 0 Å². The maximum absolute atomic E-state index is 13.2. The number of fused-ring (bicyclic) bond motifs is 1. The molecule has 8 nitrogen and oxygen atoms in total. The van der Waals surface area contributed by atoms with Gasteiger partial charge in [0.15, 0.2) is 11.5 Å². The molecule has 1 unspecified atom stereocenters. The molecule has 0 bridgehead atoms. The molecule has 5 rings (SSSR count). The molecule has 4 heterocycles. The predicted molar refractivity (Wildman–Crippen MR) is 118 cm³/mol. The molecular weight excluding hydrogens is 432 g/mol. The smallest absolute Gasteiger partial charge is 0.289 e. The average Bonchev–Trinajstić information content (AvgIpc) is 3.38. The number of piperidine rings is 2. The fraction of sp³-hybridized carbons (Fsp3) is 0.609. The zero-order chi connectivity index (χ0) is 22.5. The number of furan rings is 1. The summed E-state index contributed by atoms with van der Waals surface area (Å²) in [4.78, 5) is 15.2. The Morgan fingerprint density at radius 1 is 1.12 bits per heavy atom. The highest BCUT2D eigenvalue weighted by Gasteiger charge is 2.41. The number of ether oxygens (including phenoxy) is 2. The molecule has 0 aliphatic carbocycles. The molecule has 0 radical (unpaired) electrons. The van der Waals surface area contributed by atoms with E-state index in [0.29, 0.717) is 74.7 Å². The molecule has 1 aromatic heterocycles. The van der Waals surface area contributed by atoms with Gasteiger partial charge in [0.25, 0.3) is 5.91 Å². The van der Waals surface area contributed by atoms with E-state index >= 15 is 0 Å². The zero-order valence-electron chi connectivity index (χ0n) is 18.6. The van der Waals surface area contributed by atoms with Crippen LogP contribution < -0.4 is 0 Å². The molecule has 174 valence electrons. The lowest BCUT2D eigenvalue weighted by Gasteiger charge is -2.37.